The van der Waals surface area contributed by atoms with Gasteiger partial charge < -0.3 is 14.7 Å². The fraction of sp³-hybridized carbons (Fsp3) is 0.846. The molecule has 2 unspecified atom stereocenters. The number of nitrogens with zero attached hydrogens (tertiary/aromatic N) is 1. The van der Waals surface area contributed by atoms with E-state index in [1.807, 2.05) is 20.8 Å². The number of ether oxygens (including phenoxy) is 1. The van der Waals surface area contributed by atoms with Gasteiger partial charge in [0, 0.05) is 19.6 Å². The Balaban J connectivity index is 2.73. The van der Waals surface area contributed by atoms with Gasteiger partial charge in [0.05, 0.1) is 18.6 Å². The molecule has 1 rings (SSSR count). The fourth-order valence-corrected chi connectivity index (χ4v) is 2.27. The van der Waals surface area contributed by atoms with Crippen LogP contribution in [0.2, 0.25) is 0 Å². The maximum absolute atomic E-state index is 11.9. The molecular weight excluding hydrogens is 234 g/mol. The van der Waals surface area contributed by atoms with Crippen LogP contribution in [0.25, 0.3) is 0 Å². The van der Waals surface area contributed by atoms with Gasteiger partial charge in [-0.25, -0.2) is 0 Å². The first kappa shape index (κ1) is 15.0. The van der Waals surface area contributed by atoms with Gasteiger partial charge >= 0.3 is 5.97 Å². The van der Waals surface area contributed by atoms with Crippen molar-refractivity contribution < 1.29 is 19.4 Å². The Bertz CT molecular complexity index is 303. The molecule has 5 nitrogen and oxygen atoms in total. The summed E-state index contributed by atoms with van der Waals surface area (Å²) in [4.78, 5) is 24.7. The molecule has 1 saturated heterocycles. The molecule has 0 aromatic carbocycles. The Morgan fingerprint density at radius 2 is 2.22 bits per heavy atom. The van der Waals surface area contributed by atoms with Crippen LogP contribution in [0.5, 0.6) is 0 Å². The molecule has 0 spiro atoms. The normalized spacial score (nSPS) is 22.3. The maximum Gasteiger partial charge on any atom is 0.308 e. The number of amides is 1. The number of carboxylic acid groups (broad SMARTS) is 1. The molecule has 1 fully saturated rings. The van der Waals surface area contributed by atoms with Gasteiger partial charge in [0.2, 0.25) is 5.91 Å². The highest BCUT2D eigenvalue weighted by Gasteiger charge is 2.35. The molecule has 1 N–H and O–H groups in total. The van der Waals surface area contributed by atoms with Gasteiger partial charge in [-0.2, -0.15) is 0 Å². The SMILES string of the molecule is CCOCC(C(C)C)N1CC(C(=O)O)CCC1=O. The van der Waals surface area contributed by atoms with Crippen LogP contribution in [0.1, 0.15) is 33.6 Å². The summed E-state index contributed by atoms with van der Waals surface area (Å²) in [7, 11) is 0. The van der Waals surface area contributed by atoms with Gasteiger partial charge in [-0.15, -0.1) is 0 Å². The van der Waals surface area contributed by atoms with Crippen LogP contribution in [0.15, 0.2) is 0 Å². The van der Waals surface area contributed by atoms with Gasteiger partial charge in [0.15, 0.2) is 0 Å². The van der Waals surface area contributed by atoms with E-state index in [2.05, 4.69) is 0 Å². The average molecular weight is 257 g/mol. The third-order valence-corrected chi connectivity index (χ3v) is 3.46. The quantitative estimate of drug-likeness (QED) is 0.780. The van der Waals surface area contributed by atoms with Crippen LogP contribution in [0.3, 0.4) is 0 Å². The number of likely N-dealkylation sites (tertiary alicyclic amines) is 1. The predicted octanol–water partition coefficient (Wildman–Crippen LogP) is 1.37. The molecule has 0 radical (unpaired) electrons. The molecule has 0 bridgehead atoms. The number of carbonyl (C=O) groups excluding carboxylic acids is 1. The van der Waals surface area contributed by atoms with E-state index in [4.69, 9.17) is 9.84 Å². The standard InChI is InChI=1S/C13H23NO4/c1-4-18-8-11(9(2)3)14-7-10(13(16)17)5-6-12(14)15/h9-11H,4-8H2,1-3H3,(H,16,17). The zero-order valence-electron chi connectivity index (χ0n) is 11.4. The Labute approximate surface area is 108 Å². The smallest absolute Gasteiger partial charge is 0.308 e. The molecule has 1 aliphatic rings. The molecule has 0 aromatic rings. The predicted molar refractivity (Wildman–Crippen MR) is 67.2 cm³/mol. The summed E-state index contributed by atoms with van der Waals surface area (Å²) < 4.78 is 5.41. The lowest BCUT2D eigenvalue weighted by molar-refractivity contribution is -0.150. The van der Waals surface area contributed by atoms with Crippen molar-refractivity contribution in [2.45, 2.75) is 39.7 Å². The summed E-state index contributed by atoms with van der Waals surface area (Å²) in [5, 5.41) is 9.07. The molecule has 2 atom stereocenters. The van der Waals surface area contributed by atoms with E-state index in [1.165, 1.54) is 0 Å². The molecule has 104 valence electrons. The zero-order chi connectivity index (χ0) is 13.7. The molecule has 1 aliphatic heterocycles. The lowest BCUT2D eigenvalue weighted by Gasteiger charge is -2.38. The molecule has 5 heteroatoms. The number of rotatable bonds is 6. The second kappa shape index (κ2) is 6.73. The number of carbonyl (C=O) groups is 2. The molecule has 0 saturated carbocycles. The fourth-order valence-electron chi connectivity index (χ4n) is 2.27. The summed E-state index contributed by atoms with van der Waals surface area (Å²) in [6.45, 7) is 7.36. The van der Waals surface area contributed by atoms with Crippen molar-refractivity contribution >= 4 is 11.9 Å². The molecule has 0 aromatic heterocycles. The highest BCUT2D eigenvalue weighted by atomic mass is 16.5. The third kappa shape index (κ3) is 3.70. The number of carboxylic acids is 1. The Morgan fingerprint density at radius 1 is 1.56 bits per heavy atom. The van der Waals surface area contributed by atoms with Crippen molar-refractivity contribution in [3.63, 3.8) is 0 Å². The van der Waals surface area contributed by atoms with Crippen molar-refractivity contribution in [3.8, 4) is 0 Å². The molecular formula is C13H23NO4. The number of aliphatic carboxylic acids is 1. The van der Waals surface area contributed by atoms with Gasteiger partial charge in [-0.3, -0.25) is 9.59 Å². The highest BCUT2D eigenvalue weighted by molar-refractivity contribution is 5.80. The molecule has 1 amide bonds. The Morgan fingerprint density at radius 3 is 2.72 bits per heavy atom. The van der Waals surface area contributed by atoms with Crippen LogP contribution in [0, 0.1) is 11.8 Å². The highest BCUT2D eigenvalue weighted by Crippen LogP contribution is 2.23. The first-order valence-corrected chi connectivity index (χ1v) is 6.57. The van der Waals surface area contributed by atoms with Gasteiger partial charge in [0.1, 0.15) is 0 Å². The van der Waals surface area contributed by atoms with E-state index >= 15 is 0 Å². The van der Waals surface area contributed by atoms with Crippen molar-refractivity contribution in [3.05, 3.63) is 0 Å². The van der Waals surface area contributed by atoms with Crippen LogP contribution < -0.4 is 0 Å². The van der Waals surface area contributed by atoms with Gasteiger partial charge in [0.25, 0.3) is 0 Å². The van der Waals surface area contributed by atoms with E-state index in [-0.39, 0.29) is 17.9 Å². The summed E-state index contributed by atoms with van der Waals surface area (Å²) in [6, 6.07) is -0.0281. The van der Waals surface area contributed by atoms with E-state index < -0.39 is 11.9 Å². The lowest BCUT2D eigenvalue weighted by Crippen LogP contribution is -2.51. The summed E-state index contributed by atoms with van der Waals surface area (Å²) in [5.74, 6) is -0.948. The minimum atomic E-state index is -0.814. The summed E-state index contributed by atoms with van der Waals surface area (Å²) in [5.41, 5.74) is 0. The van der Waals surface area contributed by atoms with Crippen molar-refractivity contribution in [1.29, 1.82) is 0 Å². The van der Waals surface area contributed by atoms with E-state index in [0.717, 1.165) is 0 Å². The Hall–Kier alpha value is -1.10. The minimum absolute atomic E-state index is 0.0281. The first-order chi connectivity index (χ1) is 8.47. The largest absolute Gasteiger partial charge is 0.481 e. The second-order valence-electron chi connectivity index (χ2n) is 5.09. The topological polar surface area (TPSA) is 66.8 Å². The lowest BCUT2D eigenvalue weighted by atomic mass is 9.93. The zero-order valence-corrected chi connectivity index (χ0v) is 11.4. The van der Waals surface area contributed by atoms with Crippen molar-refractivity contribution in [2.75, 3.05) is 19.8 Å². The number of hydrogen-bond acceptors (Lipinski definition) is 3. The molecule has 1 heterocycles. The average Bonchev–Trinajstić information content (AvgIpc) is 2.31. The van der Waals surface area contributed by atoms with Crippen LogP contribution in [-0.4, -0.2) is 47.7 Å². The summed E-state index contributed by atoms with van der Waals surface area (Å²) in [6.07, 6.45) is 0.774. The van der Waals surface area contributed by atoms with E-state index in [0.29, 0.717) is 32.6 Å². The van der Waals surface area contributed by atoms with Crippen molar-refractivity contribution in [2.24, 2.45) is 11.8 Å². The Kier molecular flexibility index (Phi) is 5.59. The van der Waals surface area contributed by atoms with Crippen LogP contribution in [-0.2, 0) is 14.3 Å². The summed E-state index contributed by atoms with van der Waals surface area (Å²) >= 11 is 0. The third-order valence-electron chi connectivity index (χ3n) is 3.46. The van der Waals surface area contributed by atoms with Crippen LogP contribution >= 0.6 is 0 Å². The maximum atomic E-state index is 11.9. The molecule has 18 heavy (non-hydrogen) atoms. The number of hydrogen-bond donors (Lipinski definition) is 1. The molecule has 0 aliphatic carbocycles. The number of piperidine rings is 1. The van der Waals surface area contributed by atoms with Gasteiger partial charge in [-0.05, 0) is 19.3 Å². The van der Waals surface area contributed by atoms with E-state index in [9.17, 15) is 9.59 Å². The monoisotopic (exact) mass is 257 g/mol. The van der Waals surface area contributed by atoms with Gasteiger partial charge in [-0.1, -0.05) is 13.8 Å². The minimum Gasteiger partial charge on any atom is -0.481 e. The first-order valence-electron chi connectivity index (χ1n) is 6.57. The van der Waals surface area contributed by atoms with E-state index in [1.54, 1.807) is 4.90 Å². The van der Waals surface area contributed by atoms with Crippen LogP contribution in [0.4, 0.5) is 0 Å². The second-order valence-corrected chi connectivity index (χ2v) is 5.09. The van der Waals surface area contributed by atoms with Crippen molar-refractivity contribution in [1.82, 2.24) is 4.90 Å².